The third-order valence-corrected chi connectivity index (χ3v) is 4.11. The molecule has 0 radical (unpaired) electrons. The van der Waals surface area contributed by atoms with Crippen molar-refractivity contribution in [2.24, 2.45) is 0 Å². The molecule has 20 heavy (non-hydrogen) atoms. The zero-order valence-electron chi connectivity index (χ0n) is 10.4. The van der Waals surface area contributed by atoms with Crippen molar-refractivity contribution in [2.75, 3.05) is 0 Å². The number of carboxylic acids is 1. The fourth-order valence-electron chi connectivity index (χ4n) is 3.21. The summed E-state index contributed by atoms with van der Waals surface area (Å²) in [6.07, 6.45) is 0. The second-order valence-electron chi connectivity index (χ2n) is 5.01. The van der Waals surface area contributed by atoms with Crippen molar-refractivity contribution in [2.45, 2.75) is 11.2 Å². The fourth-order valence-corrected chi connectivity index (χ4v) is 3.21. The van der Waals surface area contributed by atoms with Crippen molar-refractivity contribution < 1.29 is 19.4 Å². The molecule has 0 unspecified atom stereocenters. The van der Waals surface area contributed by atoms with E-state index >= 15 is 0 Å². The van der Waals surface area contributed by atoms with E-state index < -0.39 is 17.2 Å². The Morgan fingerprint density at radius 3 is 2.35 bits per heavy atom. The van der Waals surface area contributed by atoms with Gasteiger partial charge in [-0.1, -0.05) is 54.6 Å². The lowest BCUT2D eigenvalue weighted by molar-refractivity contribution is -0.143. The second kappa shape index (κ2) is 3.35. The molecule has 0 amide bonds. The van der Waals surface area contributed by atoms with Gasteiger partial charge in [0, 0.05) is 11.1 Å². The van der Waals surface area contributed by atoms with Gasteiger partial charge in [0.05, 0.1) is 0 Å². The molecule has 1 fully saturated rings. The summed E-state index contributed by atoms with van der Waals surface area (Å²) in [5.41, 5.74) is -1.50. The van der Waals surface area contributed by atoms with Gasteiger partial charge in [-0.15, -0.1) is 0 Å². The second-order valence-corrected chi connectivity index (χ2v) is 5.01. The molecular weight excluding hydrogens is 256 g/mol. The van der Waals surface area contributed by atoms with Crippen molar-refractivity contribution in [1.29, 1.82) is 0 Å². The van der Waals surface area contributed by atoms with Crippen molar-refractivity contribution in [3.05, 3.63) is 71.3 Å². The summed E-state index contributed by atoms with van der Waals surface area (Å²) in [5, 5.41) is 9.63. The first-order chi connectivity index (χ1) is 9.64. The van der Waals surface area contributed by atoms with E-state index in [1.165, 1.54) is 0 Å². The number of Topliss-reactive ketones (excluding diaryl/α,β-unsaturated/α-hetero) is 1. The number of benzene rings is 2. The average Bonchev–Trinajstić information content (AvgIpc) is 3.15. The number of ether oxygens (including phenoxy) is 1. The molecule has 1 aliphatic heterocycles. The van der Waals surface area contributed by atoms with Gasteiger partial charge in [-0.2, -0.15) is 0 Å². The van der Waals surface area contributed by atoms with E-state index in [-0.39, 0.29) is 5.78 Å². The molecule has 4 heteroatoms. The average molecular weight is 266 g/mol. The normalized spacial score (nSPS) is 29.7. The Kier molecular flexibility index (Phi) is 1.90. The summed E-state index contributed by atoms with van der Waals surface area (Å²) in [7, 11) is 0. The molecule has 98 valence electrons. The minimum Gasteiger partial charge on any atom is -0.479 e. The molecular formula is C16H10O4. The lowest BCUT2D eigenvalue weighted by atomic mass is 9.86. The van der Waals surface area contributed by atoms with Gasteiger partial charge in [-0.3, -0.25) is 4.79 Å². The lowest BCUT2D eigenvalue weighted by Crippen LogP contribution is -2.29. The highest BCUT2D eigenvalue weighted by molar-refractivity contribution is 6.17. The molecule has 2 atom stereocenters. The first-order valence-corrected chi connectivity index (χ1v) is 6.28. The molecule has 4 nitrogen and oxygen atoms in total. The van der Waals surface area contributed by atoms with Crippen molar-refractivity contribution in [3.63, 3.8) is 0 Å². The molecule has 1 saturated heterocycles. The number of epoxide rings is 1. The van der Waals surface area contributed by atoms with E-state index in [1.807, 2.05) is 6.07 Å². The Bertz CT molecular complexity index is 752. The zero-order chi connectivity index (χ0) is 14.0. The number of hydrogen-bond acceptors (Lipinski definition) is 3. The van der Waals surface area contributed by atoms with Crippen LogP contribution in [-0.4, -0.2) is 16.9 Å². The number of rotatable bonds is 2. The predicted octanol–water partition coefficient (Wildman–Crippen LogP) is 2.09. The number of aliphatic carboxylic acids is 1. The van der Waals surface area contributed by atoms with Crippen LogP contribution in [0.5, 0.6) is 0 Å². The van der Waals surface area contributed by atoms with Gasteiger partial charge in [0.1, 0.15) is 0 Å². The summed E-state index contributed by atoms with van der Waals surface area (Å²) < 4.78 is 5.57. The van der Waals surface area contributed by atoms with Crippen molar-refractivity contribution >= 4 is 11.8 Å². The van der Waals surface area contributed by atoms with Crippen LogP contribution in [0.4, 0.5) is 0 Å². The van der Waals surface area contributed by atoms with Gasteiger partial charge in [-0.25, -0.2) is 4.79 Å². The Morgan fingerprint density at radius 2 is 1.65 bits per heavy atom. The third kappa shape index (κ3) is 0.992. The van der Waals surface area contributed by atoms with Crippen LogP contribution < -0.4 is 0 Å². The number of fused-ring (bicyclic) bond motifs is 3. The van der Waals surface area contributed by atoms with Crippen LogP contribution in [0.1, 0.15) is 21.5 Å². The number of carbonyl (C=O) groups is 2. The van der Waals surface area contributed by atoms with Crippen LogP contribution in [0.15, 0.2) is 54.6 Å². The predicted molar refractivity (Wildman–Crippen MR) is 69.3 cm³/mol. The van der Waals surface area contributed by atoms with Crippen LogP contribution >= 0.6 is 0 Å². The molecule has 0 saturated carbocycles. The molecule has 4 rings (SSSR count). The molecule has 0 bridgehead atoms. The Labute approximate surface area is 114 Å². The first-order valence-electron chi connectivity index (χ1n) is 6.28. The number of carboxylic acid groups (broad SMARTS) is 1. The van der Waals surface area contributed by atoms with Gasteiger partial charge >= 0.3 is 5.97 Å². The summed E-state index contributed by atoms with van der Waals surface area (Å²) in [6, 6.07) is 15.6. The van der Waals surface area contributed by atoms with Gasteiger partial charge in [0.15, 0.2) is 0 Å². The van der Waals surface area contributed by atoms with Crippen LogP contribution in [-0.2, 0) is 20.7 Å². The number of carbonyl (C=O) groups excluding carboxylic acids is 1. The summed E-state index contributed by atoms with van der Waals surface area (Å²) in [5.74, 6) is -1.40. The molecule has 0 spiro atoms. The van der Waals surface area contributed by atoms with Gasteiger partial charge in [0.2, 0.25) is 17.0 Å². The monoisotopic (exact) mass is 266 g/mol. The van der Waals surface area contributed by atoms with Gasteiger partial charge in [-0.05, 0) is 5.56 Å². The maximum atomic E-state index is 12.7. The van der Waals surface area contributed by atoms with Gasteiger partial charge in [0.25, 0.3) is 0 Å². The maximum Gasteiger partial charge on any atom is 0.344 e. The summed E-state index contributed by atoms with van der Waals surface area (Å²) in [6.45, 7) is 0. The highest BCUT2D eigenvalue weighted by Gasteiger charge is 2.85. The topological polar surface area (TPSA) is 66.9 Å². The van der Waals surface area contributed by atoms with Crippen molar-refractivity contribution in [1.82, 2.24) is 0 Å². The van der Waals surface area contributed by atoms with E-state index in [0.29, 0.717) is 16.7 Å². The molecule has 1 N–H and O–H groups in total. The Morgan fingerprint density at radius 1 is 1.00 bits per heavy atom. The highest BCUT2D eigenvalue weighted by atomic mass is 16.7. The van der Waals surface area contributed by atoms with Gasteiger partial charge < -0.3 is 9.84 Å². The fraction of sp³-hybridized carbons (Fsp3) is 0.125. The van der Waals surface area contributed by atoms with E-state index in [0.717, 1.165) is 0 Å². The minimum atomic E-state index is -1.57. The maximum absolute atomic E-state index is 12.7. The van der Waals surface area contributed by atoms with Crippen LogP contribution in [0.2, 0.25) is 0 Å². The molecule has 0 aromatic heterocycles. The molecule has 2 aliphatic rings. The van der Waals surface area contributed by atoms with E-state index in [4.69, 9.17) is 4.74 Å². The molecule has 1 aliphatic carbocycles. The largest absolute Gasteiger partial charge is 0.479 e. The van der Waals surface area contributed by atoms with Crippen LogP contribution in [0.3, 0.4) is 0 Å². The van der Waals surface area contributed by atoms with E-state index in [1.54, 1.807) is 48.5 Å². The quantitative estimate of drug-likeness (QED) is 0.845. The van der Waals surface area contributed by atoms with Crippen LogP contribution in [0, 0.1) is 0 Å². The third-order valence-electron chi connectivity index (χ3n) is 4.11. The molecule has 2 aromatic carbocycles. The zero-order valence-corrected chi connectivity index (χ0v) is 10.4. The smallest absolute Gasteiger partial charge is 0.344 e. The summed E-state index contributed by atoms with van der Waals surface area (Å²) in [4.78, 5) is 24.5. The number of ketones is 1. The summed E-state index contributed by atoms with van der Waals surface area (Å²) >= 11 is 0. The van der Waals surface area contributed by atoms with E-state index in [2.05, 4.69) is 0 Å². The Hall–Kier alpha value is -2.46. The van der Waals surface area contributed by atoms with Crippen molar-refractivity contribution in [3.8, 4) is 0 Å². The molecule has 1 heterocycles. The number of hydrogen-bond donors (Lipinski definition) is 1. The standard InChI is InChI=1S/C16H10O4/c17-13-11-8-4-5-9-12(11)16(14(18)19)15(13,20-16)10-6-2-1-3-7-10/h1-9H,(H,18,19)/t15-,16-/m1/s1. The van der Waals surface area contributed by atoms with Crippen LogP contribution in [0.25, 0.3) is 0 Å². The lowest BCUT2D eigenvalue weighted by Gasteiger charge is -2.08. The highest BCUT2D eigenvalue weighted by Crippen LogP contribution is 2.68. The SMILES string of the molecule is O=C1c2ccccc2[C@]2(C(=O)O)O[C@]12c1ccccc1. The minimum absolute atomic E-state index is 0.276. The molecule has 2 aromatic rings. The first kappa shape index (κ1) is 11.4. The Balaban J connectivity index is 2.02. The van der Waals surface area contributed by atoms with E-state index in [9.17, 15) is 14.7 Å².